The van der Waals surface area contributed by atoms with E-state index in [1.165, 1.54) is 6.08 Å². The first-order chi connectivity index (χ1) is 10.6. The molecule has 0 fully saturated rings. The van der Waals surface area contributed by atoms with Crippen LogP contribution >= 0.6 is 0 Å². The lowest BCUT2D eigenvalue weighted by atomic mass is 10.1. The van der Waals surface area contributed by atoms with E-state index in [4.69, 9.17) is 9.47 Å². The fourth-order valence-corrected chi connectivity index (χ4v) is 2.20. The molecule has 0 bridgehead atoms. The topological polar surface area (TPSA) is 35.5 Å². The summed E-state index contributed by atoms with van der Waals surface area (Å²) in [6.07, 6.45) is 3.12. The Hall–Kier alpha value is -2.55. The number of rotatable bonds is 5. The van der Waals surface area contributed by atoms with Gasteiger partial charge in [0.25, 0.3) is 0 Å². The van der Waals surface area contributed by atoms with Crippen molar-refractivity contribution in [3.63, 3.8) is 0 Å². The van der Waals surface area contributed by atoms with Gasteiger partial charge in [-0.3, -0.25) is 0 Å². The number of ether oxygens (including phenoxy) is 2. The molecular formula is C19H20O3. The molecule has 0 unspecified atom stereocenters. The van der Waals surface area contributed by atoms with Crippen LogP contribution < -0.4 is 9.47 Å². The van der Waals surface area contributed by atoms with Crippen molar-refractivity contribution in [2.45, 2.75) is 20.8 Å². The predicted octanol–water partition coefficient (Wildman–Crippen LogP) is 4.32. The van der Waals surface area contributed by atoms with E-state index in [1.54, 1.807) is 6.08 Å². The monoisotopic (exact) mass is 296 g/mol. The fraction of sp³-hybridized carbons (Fsp3) is 0.211. The van der Waals surface area contributed by atoms with Gasteiger partial charge in [-0.1, -0.05) is 24.3 Å². The number of hydrogen-bond acceptors (Lipinski definition) is 3. The Morgan fingerprint density at radius 1 is 1.09 bits per heavy atom. The van der Waals surface area contributed by atoms with E-state index >= 15 is 0 Å². The zero-order valence-electron chi connectivity index (χ0n) is 13.1. The molecule has 0 amide bonds. The summed E-state index contributed by atoms with van der Waals surface area (Å²) in [7, 11) is 0. The summed E-state index contributed by atoms with van der Waals surface area (Å²) < 4.78 is 10.8. The van der Waals surface area contributed by atoms with Crippen molar-refractivity contribution >= 4 is 12.0 Å². The quantitative estimate of drug-likeness (QED) is 0.468. The highest BCUT2D eigenvalue weighted by Gasteiger charge is 2.04. The Balaban J connectivity index is 2.08. The normalized spacial score (nSPS) is 10.7. The van der Waals surface area contributed by atoms with Gasteiger partial charge in [-0.2, -0.15) is 0 Å². The second-order valence-electron chi connectivity index (χ2n) is 5.05. The van der Waals surface area contributed by atoms with E-state index in [2.05, 4.69) is 0 Å². The minimum atomic E-state index is -0.406. The van der Waals surface area contributed by atoms with Crippen molar-refractivity contribution in [2.24, 2.45) is 0 Å². The summed E-state index contributed by atoms with van der Waals surface area (Å²) in [6, 6.07) is 13.3. The molecule has 0 aliphatic carbocycles. The third-order valence-electron chi connectivity index (χ3n) is 3.03. The molecule has 2 rings (SSSR count). The van der Waals surface area contributed by atoms with Crippen LogP contribution in [0.2, 0.25) is 0 Å². The SMILES string of the molecule is CCOc1ccccc1/C=C/C(=O)Oc1cc(C)cc(C)c1. The standard InChI is InChI=1S/C19H20O3/c1-4-21-18-8-6-5-7-16(18)9-10-19(20)22-17-12-14(2)11-15(3)13-17/h5-13H,4H2,1-3H3/b10-9+. The first-order valence-corrected chi connectivity index (χ1v) is 7.28. The van der Waals surface area contributed by atoms with E-state index in [0.29, 0.717) is 12.4 Å². The molecule has 0 heterocycles. The number of hydrogen-bond donors (Lipinski definition) is 0. The van der Waals surface area contributed by atoms with Gasteiger partial charge in [-0.25, -0.2) is 4.79 Å². The predicted molar refractivity (Wildman–Crippen MR) is 88.2 cm³/mol. The highest BCUT2D eigenvalue weighted by Crippen LogP contribution is 2.20. The lowest BCUT2D eigenvalue weighted by Gasteiger charge is -2.06. The molecule has 0 atom stereocenters. The largest absolute Gasteiger partial charge is 0.493 e. The number of para-hydroxylation sites is 1. The summed E-state index contributed by atoms with van der Waals surface area (Å²) >= 11 is 0. The van der Waals surface area contributed by atoms with E-state index in [-0.39, 0.29) is 0 Å². The molecule has 22 heavy (non-hydrogen) atoms. The summed E-state index contributed by atoms with van der Waals surface area (Å²) in [4.78, 5) is 11.9. The van der Waals surface area contributed by atoms with Crippen molar-refractivity contribution in [2.75, 3.05) is 6.61 Å². The van der Waals surface area contributed by atoms with Gasteiger partial charge in [0.2, 0.25) is 0 Å². The molecule has 0 aromatic heterocycles. The van der Waals surface area contributed by atoms with Crippen molar-refractivity contribution in [3.05, 3.63) is 65.2 Å². The van der Waals surface area contributed by atoms with Crippen LogP contribution in [0.5, 0.6) is 11.5 Å². The van der Waals surface area contributed by atoms with Crippen LogP contribution in [0.1, 0.15) is 23.6 Å². The minimum absolute atomic E-state index is 0.406. The minimum Gasteiger partial charge on any atom is -0.493 e. The zero-order chi connectivity index (χ0) is 15.9. The average molecular weight is 296 g/mol. The van der Waals surface area contributed by atoms with Gasteiger partial charge in [-0.15, -0.1) is 0 Å². The molecule has 2 aromatic rings. The van der Waals surface area contributed by atoms with Gasteiger partial charge in [0.15, 0.2) is 0 Å². The molecule has 0 N–H and O–H groups in total. The number of aryl methyl sites for hydroxylation is 2. The first-order valence-electron chi connectivity index (χ1n) is 7.28. The summed E-state index contributed by atoms with van der Waals surface area (Å²) in [5.41, 5.74) is 2.98. The lowest BCUT2D eigenvalue weighted by molar-refractivity contribution is -0.128. The van der Waals surface area contributed by atoms with Gasteiger partial charge in [0, 0.05) is 11.6 Å². The Morgan fingerprint density at radius 2 is 1.77 bits per heavy atom. The van der Waals surface area contributed by atoms with Crippen molar-refractivity contribution in [1.29, 1.82) is 0 Å². The van der Waals surface area contributed by atoms with Crippen molar-refractivity contribution in [1.82, 2.24) is 0 Å². The highest BCUT2D eigenvalue weighted by atomic mass is 16.5. The molecule has 3 heteroatoms. The van der Waals surface area contributed by atoms with Crippen LogP contribution in [-0.2, 0) is 4.79 Å². The Kier molecular flexibility index (Phi) is 5.37. The number of esters is 1. The van der Waals surface area contributed by atoms with Gasteiger partial charge in [-0.05, 0) is 56.2 Å². The van der Waals surface area contributed by atoms with Gasteiger partial charge >= 0.3 is 5.97 Å². The zero-order valence-corrected chi connectivity index (χ0v) is 13.1. The third kappa shape index (κ3) is 4.48. The van der Waals surface area contributed by atoms with Crippen LogP contribution in [0.4, 0.5) is 0 Å². The van der Waals surface area contributed by atoms with Crippen molar-refractivity contribution in [3.8, 4) is 11.5 Å². The summed E-state index contributed by atoms with van der Waals surface area (Å²) in [5.74, 6) is 0.905. The maximum absolute atomic E-state index is 11.9. The highest BCUT2D eigenvalue weighted by molar-refractivity contribution is 5.89. The van der Waals surface area contributed by atoms with Crippen molar-refractivity contribution < 1.29 is 14.3 Å². The fourth-order valence-electron chi connectivity index (χ4n) is 2.20. The molecule has 0 radical (unpaired) electrons. The van der Waals surface area contributed by atoms with Crippen LogP contribution in [-0.4, -0.2) is 12.6 Å². The van der Waals surface area contributed by atoms with Gasteiger partial charge < -0.3 is 9.47 Å². The van der Waals surface area contributed by atoms with Crippen LogP contribution in [0.3, 0.4) is 0 Å². The summed E-state index contributed by atoms with van der Waals surface area (Å²) in [5, 5.41) is 0. The second-order valence-corrected chi connectivity index (χ2v) is 5.05. The first kappa shape index (κ1) is 15.8. The molecule has 0 aliphatic heterocycles. The second kappa shape index (κ2) is 7.46. The Morgan fingerprint density at radius 3 is 2.45 bits per heavy atom. The van der Waals surface area contributed by atoms with E-state index < -0.39 is 5.97 Å². The van der Waals surface area contributed by atoms with Gasteiger partial charge in [0.05, 0.1) is 6.61 Å². The number of benzene rings is 2. The van der Waals surface area contributed by atoms with E-state index in [0.717, 1.165) is 22.4 Å². The van der Waals surface area contributed by atoms with Crippen LogP contribution in [0, 0.1) is 13.8 Å². The molecule has 0 saturated carbocycles. The molecule has 0 aliphatic rings. The number of carbonyl (C=O) groups excluding carboxylic acids is 1. The third-order valence-corrected chi connectivity index (χ3v) is 3.03. The molecule has 3 nitrogen and oxygen atoms in total. The molecule has 114 valence electrons. The molecule has 2 aromatic carbocycles. The maximum atomic E-state index is 11.9. The van der Waals surface area contributed by atoms with E-state index in [9.17, 15) is 4.79 Å². The van der Waals surface area contributed by atoms with Crippen LogP contribution in [0.15, 0.2) is 48.5 Å². The maximum Gasteiger partial charge on any atom is 0.336 e. The Labute approximate surface area is 131 Å². The molecule has 0 spiro atoms. The number of carbonyl (C=O) groups is 1. The smallest absolute Gasteiger partial charge is 0.336 e. The van der Waals surface area contributed by atoms with Gasteiger partial charge in [0.1, 0.15) is 11.5 Å². The van der Waals surface area contributed by atoms with E-state index in [1.807, 2.05) is 63.2 Å². The summed E-state index contributed by atoms with van der Waals surface area (Å²) in [6.45, 7) is 6.45. The van der Waals surface area contributed by atoms with Crippen LogP contribution in [0.25, 0.3) is 6.08 Å². The lowest BCUT2D eigenvalue weighted by Crippen LogP contribution is -2.04. The Bertz CT molecular complexity index is 667. The molecule has 0 saturated heterocycles. The average Bonchev–Trinajstić information content (AvgIpc) is 2.45. The molecular weight excluding hydrogens is 276 g/mol.